The highest BCUT2D eigenvalue weighted by molar-refractivity contribution is 8.26. The largest absolute Gasteiger partial charge is 0.335 e. The van der Waals surface area contributed by atoms with E-state index in [9.17, 15) is 4.79 Å². The van der Waals surface area contributed by atoms with Crippen LogP contribution in [0.5, 0.6) is 0 Å². The van der Waals surface area contributed by atoms with Crippen molar-refractivity contribution >= 4 is 57.8 Å². The number of ketones is 1. The molecule has 1 unspecified atom stereocenters. The van der Waals surface area contributed by atoms with E-state index in [1.807, 2.05) is 19.2 Å². The zero-order valence-electron chi connectivity index (χ0n) is 10.7. The standard InChI is InChI=1S/C14H13NOS3/c1-8(16)11-7-18-14(19-11)12-9-5-3-4-6-10(9)15(2)13(12)17/h3-6,11H,7H2,1-2H3/b14-12-. The van der Waals surface area contributed by atoms with Crippen LogP contribution in [0.3, 0.4) is 0 Å². The van der Waals surface area contributed by atoms with E-state index in [0.717, 1.165) is 22.0 Å². The van der Waals surface area contributed by atoms with Gasteiger partial charge in [0.25, 0.3) is 0 Å². The lowest BCUT2D eigenvalue weighted by molar-refractivity contribution is -0.116. The monoisotopic (exact) mass is 307 g/mol. The number of hydrogen-bond donors (Lipinski definition) is 0. The Kier molecular flexibility index (Phi) is 3.45. The maximum Gasteiger partial charge on any atom is 0.143 e. The van der Waals surface area contributed by atoms with E-state index in [-0.39, 0.29) is 11.0 Å². The van der Waals surface area contributed by atoms with Gasteiger partial charge in [-0.15, -0.1) is 23.5 Å². The second kappa shape index (κ2) is 4.96. The van der Waals surface area contributed by atoms with Crippen LogP contribution in [-0.4, -0.2) is 28.8 Å². The molecule has 2 aliphatic rings. The Labute approximate surface area is 126 Å². The second-order valence-corrected chi connectivity index (χ2v) is 7.46. The molecule has 0 N–H and O–H groups in total. The number of anilines is 1. The smallest absolute Gasteiger partial charge is 0.143 e. The van der Waals surface area contributed by atoms with Gasteiger partial charge in [-0.3, -0.25) is 4.79 Å². The maximum atomic E-state index is 11.5. The topological polar surface area (TPSA) is 20.3 Å². The maximum absolute atomic E-state index is 11.5. The van der Waals surface area contributed by atoms with Crippen molar-refractivity contribution in [2.45, 2.75) is 12.2 Å². The van der Waals surface area contributed by atoms with Crippen molar-refractivity contribution in [3.8, 4) is 0 Å². The molecule has 3 rings (SSSR count). The van der Waals surface area contributed by atoms with Crippen LogP contribution in [0.1, 0.15) is 12.5 Å². The van der Waals surface area contributed by atoms with Crippen LogP contribution < -0.4 is 4.90 Å². The average molecular weight is 307 g/mol. The quantitative estimate of drug-likeness (QED) is 0.582. The second-order valence-electron chi connectivity index (χ2n) is 4.57. The molecular weight excluding hydrogens is 294 g/mol. The molecule has 1 aromatic rings. The summed E-state index contributed by atoms with van der Waals surface area (Å²) in [5.41, 5.74) is 3.48. The van der Waals surface area contributed by atoms with Gasteiger partial charge in [0.1, 0.15) is 10.8 Å². The third kappa shape index (κ3) is 2.14. The number of nitrogens with zero attached hydrogens (tertiary/aromatic N) is 1. The molecule has 19 heavy (non-hydrogen) atoms. The van der Waals surface area contributed by atoms with Crippen LogP contribution in [0, 0.1) is 0 Å². The molecule has 2 aliphatic heterocycles. The van der Waals surface area contributed by atoms with Crippen molar-refractivity contribution in [2.75, 3.05) is 17.7 Å². The molecule has 0 aliphatic carbocycles. The number of likely N-dealkylation sites (N-methyl/N-ethyl adjacent to an activating group) is 1. The van der Waals surface area contributed by atoms with Gasteiger partial charge in [-0.1, -0.05) is 30.4 Å². The number of para-hydroxylation sites is 1. The van der Waals surface area contributed by atoms with Gasteiger partial charge in [0.2, 0.25) is 0 Å². The minimum absolute atomic E-state index is 0.0772. The first kappa shape index (κ1) is 13.2. The highest BCUT2D eigenvalue weighted by Gasteiger charge is 2.34. The average Bonchev–Trinajstić information content (AvgIpc) is 2.96. The first-order valence-electron chi connectivity index (χ1n) is 6.01. The van der Waals surface area contributed by atoms with Crippen LogP contribution in [0.25, 0.3) is 5.57 Å². The van der Waals surface area contributed by atoms with Crippen LogP contribution in [0.15, 0.2) is 28.5 Å². The summed E-state index contributed by atoms with van der Waals surface area (Å²) in [6.07, 6.45) is 0. The highest BCUT2D eigenvalue weighted by Crippen LogP contribution is 2.50. The van der Waals surface area contributed by atoms with Crippen molar-refractivity contribution in [1.82, 2.24) is 0 Å². The van der Waals surface area contributed by atoms with Crippen molar-refractivity contribution < 1.29 is 4.79 Å². The summed E-state index contributed by atoms with van der Waals surface area (Å²) in [6.45, 7) is 1.67. The zero-order valence-corrected chi connectivity index (χ0v) is 13.1. The van der Waals surface area contributed by atoms with Crippen molar-refractivity contribution in [3.05, 3.63) is 34.1 Å². The lowest BCUT2D eigenvalue weighted by atomic mass is 10.1. The van der Waals surface area contributed by atoms with E-state index in [0.29, 0.717) is 0 Å². The van der Waals surface area contributed by atoms with Crippen LogP contribution in [0.2, 0.25) is 0 Å². The molecule has 1 saturated heterocycles. The summed E-state index contributed by atoms with van der Waals surface area (Å²) >= 11 is 8.98. The number of hydrogen-bond acceptors (Lipinski definition) is 4. The molecule has 2 heterocycles. The van der Waals surface area contributed by atoms with Crippen molar-refractivity contribution in [1.29, 1.82) is 0 Å². The van der Waals surface area contributed by atoms with E-state index in [4.69, 9.17) is 12.2 Å². The molecule has 0 bridgehead atoms. The Hall–Kier alpha value is -0.780. The molecule has 1 atom stereocenters. The Morgan fingerprint density at radius 2 is 2.16 bits per heavy atom. The van der Waals surface area contributed by atoms with Crippen LogP contribution >= 0.6 is 35.7 Å². The lowest BCUT2D eigenvalue weighted by Crippen LogP contribution is -2.18. The van der Waals surface area contributed by atoms with Gasteiger partial charge < -0.3 is 4.90 Å². The summed E-state index contributed by atoms with van der Waals surface area (Å²) in [7, 11) is 2.00. The molecular formula is C14H13NOS3. The predicted molar refractivity (Wildman–Crippen MR) is 88.9 cm³/mol. The van der Waals surface area contributed by atoms with Gasteiger partial charge >= 0.3 is 0 Å². The fourth-order valence-corrected chi connectivity index (χ4v) is 5.63. The zero-order chi connectivity index (χ0) is 13.6. The molecule has 0 radical (unpaired) electrons. The molecule has 0 aromatic heterocycles. The number of thiocarbonyl (C=S) groups is 1. The fourth-order valence-electron chi connectivity index (χ4n) is 2.25. The minimum Gasteiger partial charge on any atom is -0.335 e. The fraction of sp³-hybridized carbons (Fsp3) is 0.286. The number of carbonyl (C=O) groups is 1. The van der Waals surface area contributed by atoms with Gasteiger partial charge in [-0.25, -0.2) is 0 Å². The number of thioether (sulfide) groups is 2. The predicted octanol–water partition coefficient (Wildman–Crippen LogP) is 3.57. The summed E-state index contributed by atoms with van der Waals surface area (Å²) in [5, 5.41) is 0.0772. The van der Waals surface area contributed by atoms with Crippen molar-refractivity contribution in [3.63, 3.8) is 0 Å². The van der Waals surface area contributed by atoms with E-state index < -0.39 is 0 Å². The van der Waals surface area contributed by atoms with Crippen LogP contribution in [0.4, 0.5) is 5.69 Å². The molecule has 2 nitrogen and oxygen atoms in total. The molecule has 0 saturated carbocycles. The van der Waals surface area contributed by atoms with Gasteiger partial charge in [0.05, 0.1) is 9.49 Å². The summed E-state index contributed by atoms with van der Waals surface area (Å²) < 4.78 is 1.20. The lowest BCUT2D eigenvalue weighted by Gasteiger charge is -2.11. The molecule has 5 heteroatoms. The van der Waals surface area contributed by atoms with E-state index in [1.54, 1.807) is 30.4 Å². The van der Waals surface area contributed by atoms with E-state index in [2.05, 4.69) is 17.0 Å². The number of carbonyl (C=O) groups excluding carboxylic acids is 1. The normalized spacial score (nSPS) is 25.9. The number of Topliss-reactive ketones (excluding diaryl/α,β-unsaturated/α-hetero) is 1. The summed E-state index contributed by atoms with van der Waals surface area (Å²) in [6, 6.07) is 8.25. The Bertz CT molecular complexity index is 608. The van der Waals surface area contributed by atoms with Gasteiger partial charge in [-0.2, -0.15) is 0 Å². The third-order valence-electron chi connectivity index (χ3n) is 3.33. The minimum atomic E-state index is 0.0772. The van der Waals surface area contributed by atoms with Crippen molar-refractivity contribution in [2.24, 2.45) is 0 Å². The highest BCUT2D eigenvalue weighted by atomic mass is 32.2. The van der Waals surface area contributed by atoms with Gasteiger partial charge in [0.15, 0.2) is 0 Å². The number of fused-ring (bicyclic) bond motifs is 1. The molecule has 98 valence electrons. The first-order chi connectivity index (χ1) is 9.09. The van der Waals surface area contributed by atoms with Gasteiger partial charge in [0, 0.05) is 29.6 Å². The van der Waals surface area contributed by atoms with Gasteiger partial charge in [-0.05, 0) is 13.0 Å². The molecule has 1 aromatic carbocycles. The Balaban J connectivity index is 2.07. The first-order valence-corrected chi connectivity index (χ1v) is 8.28. The summed E-state index contributed by atoms with van der Waals surface area (Å²) in [4.78, 5) is 14.4. The van der Waals surface area contributed by atoms with Crippen LogP contribution in [-0.2, 0) is 4.79 Å². The molecule has 1 fully saturated rings. The third-order valence-corrected chi connectivity index (χ3v) is 6.82. The Morgan fingerprint density at radius 3 is 2.84 bits per heavy atom. The summed E-state index contributed by atoms with van der Waals surface area (Å²) in [5.74, 6) is 1.10. The van der Waals surface area contributed by atoms with E-state index in [1.165, 1.54) is 9.80 Å². The Morgan fingerprint density at radius 1 is 1.42 bits per heavy atom. The molecule has 0 spiro atoms. The number of benzene rings is 1. The number of rotatable bonds is 1. The molecule has 0 amide bonds. The van der Waals surface area contributed by atoms with E-state index >= 15 is 0 Å². The SMILES string of the molecule is CC(=O)C1CS/C(=C2/C(=S)N(C)c3ccccc32)S1.